The van der Waals surface area contributed by atoms with Gasteiger partial charge < -0.3 is 10.2 Å². The second-order valence-electron chi connectivity index (χ2n) is 4.52. The second-order valence-corrected chi connectivity index (χ2v) is 4.52. The topological polar surface area (TPSA) is 32.3 Å². The van der Waals surface area contributed by atoms with Crippen LogP contribution in [0.25, 0.3) is 0 Å². The van der Waals surface area contributed by atoms with Crippen molar-refractivity contribution in [3.8, 4) is 0 Å². The Morgan fingerprint density at radius 1 is 1.35 bits per heavy atom. The molecule has 2 atom stereocenters. The van der Waals surface area contributed by atoms with Crippen molar-refractivity contribution in [2.24, 2.45) is 0 Å². The molecule has 0 bridgehead atoms. The first-order chi connectivity index (χ1) is 8.09. The van der Waals surface area contributed by atoms with Gasteiger partial charge in [0.25, 0.3) is 0 Å². The lowest BCUT2D eigenvalue weighted by molar-refractivity contribution is -0.120. The van der Waals surface area contributed by atoms with Gasteiger partial charge in [0.1, 0.15) is 5.82 Å². The summed E-state index contributed by atoms with van der Waals surface area (Å²) >= 11 is 0. The lowest BCUT2D eigenvalue weighted by atomic mass is 10.2. The first-order valence-corrected chi connectivity index (χ1v) is 5.91. The van der Waals surface area contributed by atoms with E-state index in [0.29, 0.717) is 12.2 Å². The number of benzene rings is 1. The van der Waals surface area contributed by atoms with Crippen molar-refractivity contribution in [3.63, 3.8) is 0 Å². The van der Waals surface area contributed by atoms with Crippen LogP contribution in [0.15, 0.2) is 24.3 Å². The molecule has 1 aliphatic rings. The molecule has 2 unspecified atom stereocenters. The van der Waals surface area contributed by atoms with E-state index in [-0.39, 0.29) is 23.8 Å². The number of nitrogens with one attached hydrogen (secondary N) is 1. The van der Waals surface area contributed by atoms with Crippen molar-refractivity contribution >= 4 is 11.6 Å². The van der Waals surface area contributed by atoms with Crippen LogP contribution in [0, 0.1) is 5.82 Å². The lowest BCUT2D eigenvalue weighted by Gasteiger charge is -2.23. The minimum atomic E-state index is -0.345. The van der Waals surface area contributed by atoms with E-state index in [2.05, 4.69) is 5.32 Å². The molecule has 0 aromatic heterocycles. The fourth-order valence-electron chi connectivity index (χ4n) is 2.16. The van der Waals surface area contributed by atoms with E-state index in [4.69, 9.17) is 0 Å². The van der Waals surface area contributed by atoms with Gasteiger partial charge in [-0.3, -0.25) is 4.79 Å². The minimum absolute atomic E-state index is 0.0700. The highest BCUT2D eigenvalue weighted by molar-refractivity contribution is 5.97. The van der Waals surface area contributed by atoms with Crippen LogP contribution >= 0.6 is 0 Å². The van der Waals surface area contributed by atoms with Gasteiger partial charge in [-0.05, 0) is 32.4 Å². The zero-order chi connectivity index (χ0) is 12.4. The van der Waals surface area contributed by atoms with E-state index in [9.17, 15) is 9.18 Å². The van der Waals surface area contributed by atoms with Gasteiger partial charge in [0.15, 0.2) is 0 Å². The Morgan fingerprint density at radius 3 is 2.76 bits per heavy atom. The summed E-state index contributed by atoms with van der Waals surface area (Å²) in [5, 5.41) is 3.20. The fourth-order valence-corrected chi connectivity index (χ4v) is 2.16. The molecule has 0 saturated carbocycles. The molecule has 0 radical (unpaired) electrons. The zero-order valence-corrected chi connectivity index (χ0v) is 10.1. The molecule has 17 heavy (non-hydrogen) atoms. The Morgan fingerprint density at radius 2 is 2.06 bits per heavy atom. The number of carbonyl (C=O) groups excluding carboxylic acids is 1. The second kappa shape index (κ2) is 4.84. The van der Waals surface area contributed by atoms with Crippen LogP contribution in [-0.2, 0) is 4.79 Å². The molecule has 0 aliphatic carbocycles. The summed E-state index contributed by atoms with van der Waals surface area (Å²) < 4.78 is 13.7. The average Bonchev–Trinajstić information content (AvgIpc) is 2.41. The maximum Gasteiger partial charge on any atom is 0.243 e. The number of para-hydroxylation sites is 1. The molecule has 92 valence electrons. The summed E-state index contributed by atoms with van der Waals surface area (Å²) in [6, 6.07) is 6.41. The van der Waals surface area contributed by atoms with Crippen LogP contribution in [0.4, 0.5) is 10.1 Å². The number of hydrogen-bond acceptors (Lipinski definition) is 2. The third-order valence-electron chi connectivity index (χ3n) is 3.10. The molecule has 3 nitrogen and oxygen atoms in total. The highest BCUT2D eigenvalue weighted by Gasteiger charge is 2.28. The van der Waals surface area contributed by atoms with E-state index in [1.54, 1.807) is 18.2 Å². The molecule has 1 aromatic carbocycles. The molecule has 1 aromatic rings. The summed E-state index contributed by atoms with van der Waals surface area (Å²) in [5.41, 5.74) is 0.375. The van der Waals surface area contributed by atoms with Gasteiger partial charge in [-0.25, -0.2) is 4.39 Å². The van der Waals surface area contributed by atoms with Crippen LogP contribution in [0.5, 0.6) is 0 Å². The first-order valence-electron chi connectivity index (χ1n) is 5.91. The molecule has 0 spiro atoms. The molecule has 1 heterocycles. The highest BCUT2D eigenvalue weighted by Crippen LogP contribution is 2.21. The van der Waals surface area contributed by atoms with Gasteiger partial charge in [0, 0.05) is 12.6 Å². The Labute approximate surface area is 101 Å². The molecule has 1 N–H and O–H groups in total. The van der Waals surface area contributed by atoms with Crippen molar-refractivity contribution in [3.05, 3.63) is 30.1 Å². The number of anilines is 1. The SMILES string of the molecule is CC1CCN(c2ccccc2F)C(=O)C(C)N1. The smallest absolute Gasteiger partial charge is 0.243 e. The van der Waals surface area contributed by atoms with Crippen LogP contribution < -0.4 is 10.2 Å². The molecule has 1 aliphatic heterocycles. The quantitative estimate of drug-likeness (QED) is 0.808. The molecule has 1 saturated heterocycles. The predicted molar refractivity (Wildman–Crippen MR) is 65.4 cm³/mol. The number of rotatable bonds is 1. The Balaban J connectivity index is 2.31. The van der Waals surface area contributed by atoms with Gasteiger partial charge in [0.2, 0.25) is 5.91 Å². The van der Waals surface area contributed by atoms with E-state index in [1.807, 2.05) is 13.8 Å². The van der Waals surface area contributed by atoms with Crippen LogP contribution in [0.3, 0.4) is 0 Å². The molecule has 1 amide bonds. The third-order valence-corrected chi connectivity index (χ3v) is 3.10. The van der Waals surface area contributed by atoms with Crippen LogP contribution in [0.1, 0.15) is 20.3 Å². The van der Waals surface area contributed by atoms with Crippen molar-refractivity contribution in [2.75, 3.05) is 11.4 Å². The van der Waals surface area contributed by atoms with E-state index in [1.165, 1.54) is 11.0 Å². The molecule has 2 rings (SSSR count). The number of amides is 1. The predicted octanol–water partition coefficient (Wildman–Crippen LogP) is 1.93. The Hall–Kier alpha value is -1.42. The normalized spacial score (nSPS) is 25.8. The molecule has 4 heteroatoms. The van der Waals surface area contributed by atoms with Crippen LogP contribution in [0.2, 0.25) is 0 Å². The van der Waals surface area contributed by atoms with E-state index >= 15 is 0 Å². The average molecular weight is 236 g/mol. The maximum absolute atomic E-state index is 13.7. The van der Waals surface area contributed by atoms with E-state index < -0.39 is 0 Å². The van der Waals surface area contributed by atoms with Gasteiger partial charge in [-0.15, -0.1) is 0 Å². The minimum Gasteiger partial charge on any atom is -0.308 e. The van der Waals surface area contributed by atoms with Gasteiger partial charge in [-0.2, -0.15) is 0 Å². The molecular weight excluding hydrogens is 219 g/mol. The summed E-state index contributed by atoms with van der Waals surface area (Å²) in [6.07, 6.45) is 0.824. The lowest BCUT2D eigenvalue weighted by Crippen LogP contribution is -2.43. The van der Waals surface area contributed by atoms with Crippen molar-refractivity contribution < 1.29 is 9.18 Å². The number of halogens is 1. The maximum atomic E-state index is 13.7. The monoisotopic (exact) mass is 236 g/mol. The van der Waals surface area contributed by atoms with Crippen molar-refractivity contribution in [2.45, 2.75) is 32.4 Å². The van der Waals surface area contributed by atoms with Gasteiger partial charge in [-0.1, -0.05) is 12.1 Å². The fraction of sp³-hybridized carbons (Fsp3) is 0.462. The third kappa shape index (κ3) is 2.47. The van der Waals surface area contributed by atoms with Crippen molar-refractivity contribution in [1.29, 1.82) is 0 Å². The summed E-state index contributed by atoms with van der Waals surface area (Å²) in [7, 11) is 0. The van der Waals surface area contributed by atoms with Crippen LogP contribution in [-0.4, -0.2) is 24.5 Å². The van der Waals surface area contributed by atoms with Crippen molar-refractivity contribution in [1.82, 2.24) is 5.32 Å². The summed E-state index contributed by atoms with van der Waals surface area (Å²) in [4.78, 5) is 13.7. The Kier molecular flexibility index (Phi) is 3.43. The number of hydrogen-bond donors (Lipinski definition) is 1. The standard InChI is InChI=1S/C13H17FN2O/c1-9-7-8-16(13(17)10(2)15-9)12-6-4-3-5-11(12)14/h3-6,9-10,15H,7-8H2,1-2H3. The molecule has 1 fully saturated rings. The van der Waals surface area contributed by atoms with Gasteiger partial charge >= 0.3 is 0 Å². The number of nitrogens with zero attached hydrogens (tertiary/aromatic N) is 1. The zero-order valence-electron chi connectivity index (χ0n) is 10.1. The number of carbonyl (C=O) groups is 1. The van der Waals surface area contributed by atoms with E-state index in [0.717, 1.165) is 6.42 Å². The summed E-state index contributed by atoms with van der Waals surface area (Å²) in [5.74, 6) is -0.415. The van der Waals surface area contributed by atoms with Gasteiger partial charge in [0.05, 0.1) is 11.7 Å². The molecular formula is C13H17FN2O. The largest absolute Gasteiger partial charge is 0.308 e. The highest BCUT2D eigenvalue weighted by atomic mass is 19.1. The Bertz CT molecular complexity index is 422. The first kappa shape index (κ1) is 12.0. The summed E-state index contributed by atoms with van der Waals surface area (Å²) in [6.45, 7) is 4.41.